The number of likely N-dealkylation sites (tertiary alicyclic amines) is 1. The summed E-state index contributed by atoms with van der Waals surface area (Å²) >= 11 is 0. The molecule has 1 atom stereocenters. The van der Waals surface area contributed by atoms with E-state index in [2.05, 4.69) is 43.0 Å². The van der Waals surface area contributed by atoms with E-state index in [1.807, 2.05) is 45.0 Å². The van der Waals surface area contributed by atoms with Crippen LogP contribution < -0.4 is 4.74 Å². The molecule has 2 aromatic rings. The largest absolute Gasteiger partial charge is 0.489 e. The number of ether oxygens (including phenoxy) is 2. The number of amides is 2. The normalized spacial score (nSPS) is 18.7. The molecule has 2 aliphatic rings. The molecule has 0 bridgehead atoms. The van der Waals surface area contributed by atoms with Crippen molar-refractivity contribution in [3.8, 4) is 5.75 Å². The van der Waals surface area contributed by atoms with Gasteiger partial charge in [-0.05, 0) is 74.8 Å². The molecule has 2 heterocycles. The van der Waals surface area contributed by atoms with E-state index in [0.29, 0.717) is 45.0 Å². The first kappa shape index (κ1) is 26.1. The van der Waals surface area contributed by atoms with E-state index in [4.69, 9.17) is 9.47 Å². The number of carbonyl (C=O) groups excluding carboxylic acids is 2. The molecule has 1 saturated heterocycles. The highest BCUT2D eigenvalue weighted by Crippen LogP contribution is 2.38. The van der Waals surface area contributed by atoms with Crippen molar-refractivity contribution >= 4 is 12.0 Å². The van der Waals surface area contributed by atoms with Gasteiger partial charge in [0, 0.05) is 25.6 Å². The van der Waals surface area contributed by atoms with Crippen LogP contribution in [-0.4, -0.2) is 47.0 Å². The molecule has 0 aromatic heterocycles. The lowest BCUT2D eigenvalue weighted by atomic mass is 9.84. The van der Waals surface area contributed by atoms with E-state index in [1.165, 1.54) is 11.1 Å². The van der Waals surface area contributed by atoms with Gasteiger partial charge in [-0.1, -0.05) is 50.2 Å². The Labute approximate surface area is 215 Å². The van der Waals surface area contributed by atoms with Crippen LogP contribution in [0.3, 0.4) is 0 Å². The number of benzene rings is 2. The summed E-state index contributed by atoms with van der Waals surface area (Å²) in [4.78, 5) is 29.9. The monoisotopic (exact) mass is 492 g/mol. The Morgan fingerprint density at radius 2 is 1.69 bits per heavy atom. The lowest BCUT2D eigenvalue weighted by Crippen LogP contribution is -2.49. The fourth-order valence-corrected chi connectivity index (χ4v) is 5.30. The lowest BCUT2D eigenvalue weighted by molar-refractivity contribution is -0.141. The summed E-state index contributed by atoms with van der Waals surface area (Å²) in [6.07, 6.45) is 1.89. The van der Waals surface area contributed by atoms with Crippen molar-refractivity contribution in [2.75, 3.05) is 19.6 Å². The first-order chi connectivity index (χ1) is 17.1. The van der Waals surface area contributed by atoms with Gasteiger partial charge >= 0.3 is 6.09 Å². The van der Waals surface area contributed by atoms with Gasteiger partial charge in [0.2, 0.25) is 5.91 Å². The Morgan fingerprint density at radius 1 is 1.00 bits per heavy atom. The molecule has 1 unspecified atom stereocenters. The Hall–Kier alpha value is -3.02. The fourth-order valence-electron chi connectivity index (χ4n) is 5.30. The average Bonchev–Trinajstić information content (AvgIpc) is 2.85. The topological polar surface area (TPSA) is 59.1 Å². The van der Waals surface area contributed by atoms with Gasteiger partial charge < -0.3 is 19.3 Å². The van der Waals surface area contributed by atoms with Crippen molar-refractivity contribution < 1.29 is 19.1 Å². The third-order valence-electron chi connectivity index (χ3n) is 7.05. The van der Waals surface area contributed by atoms with E-state index in [0.717, 1.165) is 17.7 Å². The highest BCUT2D eigenvalue weighted by molar-refractivity contribution is 5.80. The molecule has 0 spiro atoms. The Bertz CT molecular complexity index is 1050. The average molecular weight is 493 g/mol. The third-order valence-corrected chi connectivity index (χ3v) is 7.05. The fraction of sp³-hybridized carbons (Fsp3) is 0.533. The second-order valence-corrected chi connectivity index (χ2v) is 11.3. The molecule has 2 amide bonds. The molecule has 0 N–H and O–H groups in total. The van der Waals surface area contributed by atoms with Crippen LogP contribution in [0.15, 0.2) is 48.5 Å². The maximum atomic E-state index is 13.7. The first-order valence-corrected chi connectivity index (χ1v) is 13.2. The number of nitrogens with zero attached hydrogens (tertiary/aromatic N) is 2. The minimum Gasteiger partial charge on any atom is -0.489 e. The SMILES string of the molecule is CC(C)C1c2ccc(OCc3ccccc3)cc2CCN1C(=O)C1CCN(C(=O)OC(C)(C)C)CC1. The number of hydrogen-bond acceptors (Lipinski definition) is 4. The molecule has 194 valence electrons. The van der Waals surface area contributed by atoms with Crippen LogP contribution >= 0.6 is 0 Å². The van der Waals surface area contributed by atoms with Crippen molar-refractivity contribution in [1.29, 1.82) is 0 Å². The second kappa shape index (κ2) is 10.9. The molecule has 36 heavy (non-hydrogen) atoms. The van der Waals surface area contributed by atoms with Crippen molar-refractivity contribution in [1.82, 2.24) is 9.80 Å². The maximum absolute atomic E-state index is 13.7. The zero-order valence-electron chi connectivity index (χ0n) is 22.3. The van der Waals surface area contributed by atoms with Gasteiger partial charge in [-0.25, -0.2) is 4.79 Å². The highest BCUT2D eigenvalue weighted by Gasteiger charge is 2.38. The first-order valence-electron chi connectivity index (χ1n) is 13.2. The molecular formula is C30H40N2O4. The van der Waals surface area contributed by atoms with Gasteiger partial charge in [-0.2, -0.15) is 0 Å². The standard InChI is InChI=1S/C30H40N2O4/c1-21(2)27-26-12-11-25(35-20-22-9-7-6-8-10-22)19-24(26)15-18-32(27)28(33)23-13-16-31(17-14-23)29(34)36-30(3,4)5/h6-12,19,21,23,27H,13-18,20H2,1-5H3. The number of fused-ring (bicyclic) bond motifs is 1. The van der Waals surface area contributed by atoms with Crippen molar-refractivity contribution in [3.63, 3.8) is 0 Å². The van der Waals surface area contributed by atoms with Gasteiger partial charge in [-0.15, -0.1) is 0 Å². The second-order valence-electron chi connectivity index (χ2n) is 11.3. The van der Waals surface area contributed by atoms with Crippen LogP contribution in [0.25, 0.3) is 0 Å². The highest BCUT2D eigenvalue weighted by atomic mass is 16.6. The Morgan fingerprint density at radius 3 is 2.33 bits per heavy atom. The Kier molecular flexibility index (Phi) is 7.91. The van der Waals surface area contributed by atoms with Crippen LogP contribution in [0.4, 0.5) is 4.79 Å². The summed E-state index contributed by atoms with van der Waals surface area (Å²) < 4.78 is 11.6. The van der Waals surface area contributed by atoms with Gasteiger partial charge in [0.15, 0.2) is 0 Å². The zero-order valence-corrected chi connectivity index (χ0v) is 22.3. The molecule has 0 saturated carbocycles. The summed E-state index contributed by atoms with van der Waals surface area (Å²) in [6, 6.07) is 16.5. The molecular weight excluding hydrogens is 452 g/mol. The number of rotatable bonds is 5. The van der Waals surface area contributed by atoms with Crippen molar-refractivity contribution in [3.05, 3.63) is 65.2 Å². The van der Waals surface area contributed by atoms with E-state index in [-0.39, 0.29) is 24.0 Å². The molecule has 0 radical (unpaired) electrons. The quantitative estimate of drug-likeness (QED) is 0.514. The molecule has 2 aliphatic heterocycles. The summed E-state index contributed by atoms with van der Waals surface area (Å²) in [5.74, 6) is 1.33. The van der Waals surface area contributed by atoms with E-state index < -0.39 is 5.60 Å². The van der Waals surface area contributed by atoms with Gasteiger partial charge in [0.05, 0.1) is 6.04 Å². The van der Waals surface area contributed by atoms with Crippen LogP contribution in [0.1, 0.15) is 70.2 Å². The zero-order chi connectivity index (χ0) is 25.9. The lowest BCUT2D eigenvalue weighted by Gasteiger charge is -2.42. The van der Waals surface area contributed by atoms with Gasteiger partial charge in [-0.3, -0.25) is 4.79 Å². The molecule has 2 aromatic carbocycles. The summed E-state index contributed by atoms with van der Waals surface area (Å²) in [7, 11) is 0. The molecule has 1 fully saturated rings. The summed E-state index contributed by atoms with van der Waals surface area (Å²) in [5, 5.41) is 0. The van der Waals surface area contributed by atoms with Crippen molar-refractivity contribution in [2.45, 2.75) is 72.1 Å². The number of carbonyl (C=O) groups is 2. The predicted molar refractivity (Wildman–Crippen MR) is 141 cm³/mol. The minimum absolute atomic E-state index is 0.0494. The van der Waals surface area contributed by atoms with Crippen LogP contribution in [0.5, 0.6) is 5.75 Å². The molecule has 4 rings (SSSR count). The predicted octanol–water partition coefficient (Wildman–Crippen LogP) is 5.99. The molecule has 6 nitrogen and oxygen atoms in total. The van der Waals surface area contributed by atoms with E-state index in [1.54, 1.807) is 4.90 Å². The van der Waals surface area contributed by atoms with Gasteiger partial charge in [0.25, 0.3) is 0 Å². The number of hydrogen-bond donors (Lipinski definition) is 0. The van der Waals surface area contributed by atoms with Crippen molar-refractivity contribution in [2.24, 2.45) is 11.8 Å². The van der Waals surface area contributed by atoms with Crippen LogP contribution in [0, 0.1) is 11.8 Å². The molecule has 6 heteroatoms. The summed E-state index contributed by atoms with van der Waals surface area (Å²) in [6.45, 7) is 12.4. The third kappa shape index (κ3) is 6.21. The summed E-state index contributed by atoms with van der Waals surface area (Å²) in [5.41, 5.74) is 3.12. The van der Waals surface area contributed by atoms with Crippen LogP contribution in [0.2, 0.25) is 0 Å². The number of piperidine rings is 1. The van der Waals surface area contributed by atoms with E-state index >= 15 is 0 Å². The van der Waals surface area contributed by atoms with Crippen LogP contribution in [-0.2, 0) is 22.6 Å². The van der Waals surface area contributed by atoms with E-state index in [9.17, 15) is 9.59 Å². The Balaban J connectivity index is 1.41. The minimum atomic E-state index is -0.512. The molecule has 0 aliphatic carbocycles. The van der Waals surface area contributed by atoms with Gasteiger partial charge in [0.1, 0.15) is 18.0 Å². The maximum Gasteiger partial charge on any atom is 0.410 e. The smallest absolute Gasteiger partial charge is 0.410 e.